The van der Waals surface area contributed by atoms with Crippen molar-refractivity contribution >= 4 is 11.0 Å². The van der Waals surface area contributed by atoms with Crippen LogP contribution in [-0.2, 0) is 20.0 Å². The molecule has 0 aliphatic carbocycles. The van der Waals surface area contributed by atoms with Gasteiger partial charge in [-0.05, 0) is 56.0 Å². The Labute approximate surface area is 129 Å². The number of imidazole rings is 1. The van der Waals surface area contributed by atoms with Crippen molar-refractivity contribution in [1.29, 1.82) is 0 Å². The van der Waals surface area contributed by atoms with Crippen LogP contribution in [0.3, 0.4) is 0 Å². The van der Waals surface area contributed by atoms with E-state index in [4.69, 9.17) is 0 Å². The molecule has 1 aliphatic heterocycles. The molecule has 22 heavy (non-hydrogen) atoms. The summed E-state index contributed by atoms with van der Waals surface area (Å²) in [4.78, 5) is 0. The van der Waals surface area contributed by atoms with Crippen LogP contribution in [0, 0.1) is 12.7 Å². The first-order chi connectivity index (χ1) is 10.7. The van der Waals surface area contributed by atoms with E-state index in [9.17, 15) is 4.39 Å². The molecule has 0 bridgehead atoms. The van der Waals surface area contributed by atoms with Gasteiger partial charge in [-0.15, -0.1) is 0 Å². The maximum Gasteiger partial charge on any atom is 0.289 e. The molecular formula is C19H20FN2+. The van der Waals surface area contributed by atoms with E-state index in [2.05, 4.69) is 34.4 Å². The molecule has 0 N–H and O–H groups in total. The minimum atomic E-state index is -0.170. The van der Waals surface area contributed by atoms with Gasteiger partial charge >= 0.3 is 0 Å². The van der Waals surface area contributed by atoms with Crippen molar-refractivity contribution in [3.8, 4) is 11.4 Å². The highest BCUT2D eigenvalue weighted by molar-refractivity contribution is 5.79. The Bertz CT molecular complexity index is 877. The molecule has 0 spiro atoms. The van der Waals surface area contributed by atoms with Crippen LogP contribution < -0.4 is 4.57 Å². The number of nitrogens with zero attached hydrogens (tertiary/aromatic N) is 2. The number of hydrogen-bond acceptors (Lipinski definition) is 0. The van der Waals surface area contributed by atoms with Crippen molar-refractivity contribution < 1.29 is 8.96 Å². The quantitative estimate of drug-likeness (QED) is 0.602. The lowest BCUT2D eigenvalue weighted by atomic mass is 10.1. The molecule has 3 aromatic rings. The van der Waals surface area contributed by atoms with E-state index in [0.29, 0.717) is 0 Å². The van der Waals surface area contributed by atoms with Gasteiger partial charge in [0.1, 0.15) is 5.82 Å². The van der Waals surface area contributed by atoms with Crippen molar-refractivity contribution in [2.24, 2.45) is 7.05 Å². The molecule has 4 rings (SSSR count). The number of aryl methyl sites for hydroxylation is 4. The fraction of sp³-hybridized carbons (Fsp3) is 0.316. The lowest BCUT2D eigenvalue weighted by Crippen LogP contribution is -2.35. The van der Waals surface area contributed by atoms with E-state index in [1.165, 1.54) is 35.3 Å². The first-order valence-electron chi connectivity index (χ1n) is 7.93. The Morgan fingerprint density at radius 2 is 2.00 bits per heavy atom. The van der Waals surface area contributed by atoms with Crippen LogP contribution in [0.5, 0.6) is 0 Å². The Morgan fingerprint density at radius 3 is 2.82 bits per heavy atom. The Morgan fingerprint density at radius 1 is 1.14 bits per heavy atom. The second kappa shape index (κ2) is 4.94. The van der Waals surface area contributed by atoms with Crippen LogP contribution in [0.25, 0.3) is 22.4 Å². The van der Waals surface area contributed by atoms with Crippen molar-refractivity contribution in [3.63, 3.8) is 0 Å². The lowest BCUT2D eigenvalue weighted by molar-refractivity contribution is -0.660. The third-order valence-electron chi connectivity index (χ3n) is 4.81. The van der Waals surface area contributed by atoms with Crippen LogP contribution in [0.4, 0.5) is 4.39 Å². The molecule has 2 heterocycles. The van der Waals surface area contributed by atoms with E-state index in [-0.39, 0.29) is 5.82 Å². The molecule has 0 saturated carbocycles. The average Bonchev–Trinajstić information content (AvgIpc) is 2.66. The first-order valence-corrected chi connectivity index (χ1v) is 7.93. The Kier molecular flexibility index (Phi) is 3.03. The summed E-state index contributed by atoms with van der Waals surface area (Å²) in [5.41, 5.74) is 6.14. The minimum Gasteiger partial charge on any atom is -0.226 e. The standard InChI is InChI=1S/C19H20FN2/c1-13-12-15(20)9-10-16(13)19-21(2)17-8-5-7-14-6-3-4-11-22(19)18(14)17/h5,7-10,12H,3-4,6,11H2,1-2H3/q+1. The summed E-state index contributed by atoms with van der Waals surface area (Å²) < 4.78 is 18.2. The van der Waals surface area contributed by atoms with Crippen molar-refractivity contribution in [3.05, 3.63) is 53.3 Å². The van der Waals surface area contributed by atoms with E-state index < -0.39 is 0 Å². The van der Waals surface area contributed by atoms with Crippen LogP contribution in [0.1, 0.15) is 24.0 Å². The maximum absolute atomic E-state index is 13.5. The van der Waals surface area contributed by atoms with E-state index in [0.717, 1.165) is 24.1 Å². The van der Waals surface area contributed by atoms with Gasteiger partial charge in [-0.1, -0.05) is 12.1 Å². The number of benzene rings is 2. The number of halogens is 1. The molecule has 112 valence electrons. The predicted molar refractivity (Wildman–Crippen MR) is 86.2 cm³/mol. The van der Waals surface area contributed by atoms with Gasteiger partial charge in [0, 0.05) is 5.56 Å². The zero-order valence-electron chi connectivity index (χ0n) is 13.1. The highest BCUT2D eigenvalue weighted by Gasteiger charge is 2.28. The maximum atomic E-state index is 13.5. The number of aromatic nitrogens is 2. The van der Waals surface area contributed by atoms with Gasteiger partial charge in [0.05, 0.1) is 19.2 Å². The van der Waals surface area contributed by atoms with Gasteiger partial charge < -0.3 is 0 Å². The van der Waals surface area contributed by atoms with Gasteiger partial charge in [-0.25, -0.2) is 13.5 Å². The highest BCUT2D eigenvalue weighted by Crippen LogP contribution is 2.29. The van der Waals surface area contributed by atoms with Crippen LogP contribution in [0.2, 0.25) is 0 Å². The van der Waals surface area contributed by atoms with Gasteiger partial charge in [-0.2, -0.15) is 0 Å². The summed E-state index contributed by atoms with van der Waals surface area (Å²) in [5, 5.41) is 0. The summed E-state index contributed by atoms with van der Waals surface area (Å²) in [6.07, 6.45) is 3.56. The first kappa shape index (κ1) is 13.5. The molecule has 0 fully saturated rings. The molecule has 1 aromatic heterocycles. The summed E-state index contributed by atoms with van der Waals surface area (Å²) in [7, 11) is 2.11. The zero-order chi connectivity index (χ0) is 15.3. The molecule has 0 unspecified atom stereocenters. The number of para-hydroxylation sites is 1. The van der Waals surface area contributed by atoms with E-state index in [1.54, 1.807) is 12.1 Å². The molecule has 3 heteroatoms. The summed E-state index contributed by atoms with van der Waals surface area (Å²) >= 11 is 0. The molecule has 2 nitrogen and oxygen atoms in total. The van der Waals surface area contributed by atoms with Crippen molar-refractivity contribution in [1.82, 2.24) is 4.57 Å². The molecule has 1 aliphatic rings. The number of rotatable bonds is 1. The summed E-state index contributed by atoms with van der Waals surface area (Å²) in [6.45, 7) is 3.02. The SMILES string of the molecule is Cc1cc(F)ccc1-c1n(C)c2cccc3c2[n+]1CCCC3. The van der Waals surface area contributed by atoms with Crippen LogP contribution >= 0.6 is 0 Å². The second-order valence-corrected chi connectivity index (χ2v) is 6.24. The van der Waals surface area contributed by atoms with Gasteiger partial charge in [0.15, 0.2) is 11.0 Å². The second-order valence-electron chi connectivity index (χ2n) is 6.24. The number of hydrogen-bond donors (Lipinski definition) is 0. The zero-order valence-corrected chi connectivity index (χ0v) is 13.1. The van der Waals surface area contributed by atoms with Crippen LogP contribution in [-0.4, -0.2) is 4.57 Å². The fourth-order valence-electron chi connectivity index (χ4n) is 3.77. The van der Waals surface area contributed by atoms with Gasteiger partial charge in [0.2, 0.25) is 0 Å². The fourth-order valence-corrected chi connectivity index (χ4v) is 3.77. The molecule has 0 saturated heterocycles. The Balaban J connectivity index is 2.09. The van der Waals surface area contributed by atoms with Crippen molar-refractivity contribution in [2.45, 2.75) is 32.7 Å². The smallest absolute Gasteiger partial charge is 0.226 e. The topological polar surface area (TPSA) is 8.81 Å². The summed E-state index contributed by atoms with van der Waals surface area (Å²) in [5.74, 6) is 1.01. The largest absolute Gasteiger partial charge is 0.289 e. The van der Waals surface area contributed by atoms with Gasteiger partial charge in [-0.3, -0.25) is 0 Å². The minimum absolute atomic E-state index is 0.170. The molecular weight excluding hydrogens is 275 g/mol. The lowest BCUT2D eigenvalue weighted by Gasteiger charge is -2.05. The monoisotopic (exact) mass is 295 g/mol. The summed E-state index contributed by atoms with van der Waals surface area (Å²) in [6, 6.07) is 11.7. The third kappa shape index (κ3) is 1.88. The normalized spacial score (nSPS) is 14.3. The van der Waals surface area contributed by atoms with Gasteiger partial charge in [0.25, 0.3) is 5.82 Å². The molecule has 0 radical (unpaired) electrons. The highest BCUT2D eigenvalue weighted by atomic mass is 19.1. The molecule has 0 atom stereocenters. The Hall–Kier alpha value is -2.16. The van der Waals surface area contributed by atoms with Crippen LogP contribution in [0.15, 0.2) is 36.4 Å². The molecule has 2 aromatic carbocycles. The average molecular weight is 295 g/mol. The van der Waals surface area contributed by atoms with E-state index >= 15 is 0 Å². The van der Waals surface area contributed by atoms with E-state index in [1.807, 2.05) is 13.0 Å². The van der Waals surface area contributed by atoms with Crippen molar-refractivity contribution in [2.75, 3.05) is 0 Å². The molecule has 0 amide bonds. The predicted octanol–water partition coefficient (Wildman–Crippen LogP) is 3.92. The third-order valence-corrected chi connectivity index (χ3v) is 4.81.